The summed E-state index contributed by atoms with van der Waals surface area (Å²) in [6, 6.07) is 0. The molecule has 0 aromatic carbocycles. The Morgan fingerprint density at radius 3 is 1.81 bits per heavy atom. The van der Waals surface area contributed by atoms with E-state index in [1.54, 1.807) is 0 Å². The molecular weight excluding hydrogens is 196 g/mol. The van der Waals surface area contributed by atoms with Crippen LogP contribution in [0.2, 0.25) is 0 Å². The van der Waals surface area contributed by atoms with Crippen LogP contribution in [0.4, 0.5) is 0 Å². The molecule has 2 rings (SSSR count). The van der Waals surface area contributed by atoms with Gasteiger partial charge in [-0.15, -0.1) is 0 Å². The molecule has 0 bridgehead atoms. The average Bonchev–Trinajstić information content (AvgIpc) is 2.30. The Balaban J connectivity index is 1.60. The quantitative estimate of drug-likeness (QED) is 0.690. The summed E-state index contributed by atoms with van der Waals surface area (Å²) in [5, 5.41) is 0. The smallest absolute Gasteiger partial charge is 0.0575 e. The largest absolute Gasteiger partial charge is 0.378 e. The second kappa shape index (κ2) is 6.05. The van der Waals surface area contributed by atoms with Crippen LogP contribution in [0.5, 0.6) is 0 Å². The van der Waals surface area contributed by atoms with Crippen LogP contribution in [0, 0.1) is 17.8 Å². The molecule has 2 aliphatic carbocycles. The summed E-state index contributed by atoms with van der Waals surface area (Å²) in [5.41, 5.74) is 0. The molecular formula is C15H28O. The lowest BCUT2D eigenvalue weighted by Crippen LogP contribution is -2.25. The standard InChI is InChI=1S/C15H28O/c1-12-3-7-14(8-4-12)11-16-15-9-5-13(2)6-10-15/h12-15H,3-11H2,1-2H3. The molecule has 2 aliphatic rings. The zero-order chi connectivity index (χ0) is 11.4. The first-order valence-corrected chi connectivity index (χ1v) is 7.35. The lowest BCUT2D eigenvalue weighted by molar-refractivity contribution is -0.00766. The Morgan fingerprint density at radius 2 is 1.25 bits per heavy atom. The van der Waals surface area contributed by atoms with Crippen molar-refractivity contribution in [3.05, 3.63) is 0 Å². The summed E-state index contributed by atoms with van der Waals surface area (Å²) >= 11 is 0. The van der Waals surface area contributed by atoms with E-state index in [1.165, 1.54) is 51.4 Å². The van der Waals surface area contributed by atoms with Gasteiger partial charge in [0.25, 0.3) is 0 Å². The molecule has 0 amide bonds. The van der Waals surface area contributed by atoms with E-state index in [2.05, 4.69) is 13.8 Å². The third kappa shape index (κ3) is 3.76. The Bertz CT molecular complexity index is 164. The zero-order valence-corrected chi connectivity index (χ0v) is 11.1. The predicted molar refractivity (Wildman–Crippen MR) is 68.5 cm³/mol. The monoisotopic (exact) mass is 224 g/mol. The third-order valence-corrected chi connectivity index (χ3v) is 4.67. The first-order chi connectivity index (χ1) is 7.74. The van der Waals surface area contributed by atoms with Gasteiger partial charge >= 0.3 is 0 Å². The maximum absolute atomic E-state index is 6.11. The SMILES string of the molecule is CC1CCC(COC2CCC(C)CC2)CC1. The van der Waals surface area contributed by atoms with Gasteiger partial charge in [-0.1, -0.05) is 26.7 Å². The minimum Gasteiger partial charge on any atom is -0.378 e. The summed E-state index contributed by atoms with van der Waals surface area (Å²) < 4.78 is 6.11. The molecule has 1 heteroatoms. The highest BCUT2D eigenvalue weighted by Gasteiger charge is 2.22. The summed E-state index contributed by atoms with van der Waals surface area (Å²) in [6.45, 7) is 5.81. The molecule has 0 N–H and O–H groups in total. The van der Waals surface area contributed by atoms with Crippen molar-refractivity contribution in [2.24, 2.45) is 17.8 Å². The van der Waals surface area contributed by atoms with Gasteiger partial charge in [0.2, 0.25) is 0 Å². The summed E-state index contributed by atoms with van der Waals surface area (Å²) in [5.74, 6) is 2.78. The average molecular weight is 224 g/mol. The van der Waals surface area contributed by atoms with E-state index in [9.17, 15) is 0 Å². The fourth-order valence-corrected chi connectivity index (χ4v) is 3.16. The maximum Gasteiger partial charge on any atom is 0.0575 e. The van der Waals surface area contributed by atoms with Crippen molar-refractivity contribution in [3.63, 3.8) is 0 Å². The Morgan fingerprint density at radius 1 is 0.750 bits per heavy atom. The van der Waals surface area contributed by atoms with Gasteiger partial charge in [-0.3, -0.25) is 0 Å². The minimum absolute atomic E-state index is 0.593. The predicted octanol–water partition coefficient (Wildman–Crippen LogP) is 4.41. The van der Waals surface area contributed by atoms with Crippen LogP contribution >= 0.6 is 0 Å². The van der Waals surface area contributed by atoms with Crippen LogP contribution < -0.4 is 0 Å². The van der Waals surface area contributed by atoms with Crippen molar-refractivity contribution >= 4 is 0 Å². The van der Waals surface area contributed by atoms with Gasteiger partial charge in [-0.2, -0.15) is 0 Å². The summed E-state index contributed by atoms with van der Waals surface area (Å²) in [4.78, 5) is 0. The zero-order valence-electron chi connectivity index (χ0n) is 11.1. The molecule has 16 heavy (non-hydrogen) atoms. The van der Waals surface area contributed by atoms with E-state index in [-0.39, 0.29) is 0 Å². The molecule has 0 heterocycles. The fourth-order valence-electron chi connectivity index (χ4n) is 3.16. The molecule has 0 radical (unpaired) electrons. The van der Waals surface area contributed by atoms with Gasteiger partial charge in [0, 0.05) is 6.61 Å². The maximum atomic E-state index is 6.11. The number of hydrogen-bond acceptors (Lipinski definition) is 1. The molecule has 2 saturated carbocycles. The molecule has 2 fully saturated rings. The van der Waals surface area contributed by atoms with Gasteiger partial charge < -0.3 is 4.74 Å². The van der Waals surface area contributed by atoms with Crippen LogP contribution in [0.1, 0.15) is 65.2 Å². The van der Waals surface area contributed by atoms with Crippen molar-refractivity contribution in [1.29, 1.82) is 0 Å². The van der Waals surface area contributed by atoms with Crippen LogP contribution in [-0.4, -0.2) is 12.7 Å². The van der Waals surface area contributed by atoms with Crippen molar-refractivity contribution in [3.8, 4) is 0 Å². The van der Waals surface area contributed by atoms with E-state index in [0.29, 0.717) is 6.10 Å². The number of hydrogen-bond donors (Lipinski definition) is 0. The second-order valence-electron chi connectivity index (χ2n) is 6.34. The Labute approximate surface area is 101 Å². The molecule has 0 atom stereocenters. The fraction of sp³-hybridized carbons (Fsp3) is 1.00. The van der Waals surface area contributed by atoms with Gasteiger partial charge in [0.05, 0.1) is 6.10 Å². The van der Waals surface area contributed by atoms with E-state index in [1.807, 2.05) is 0 Å². The Hall–Kier alpha value is -0.0400. The van der Waals surface area contributed by atoms with Crippen molar-refractivity contribution in [2.45, 2.75) is 71.3 Å². The van der Waals surface area contributed by atoms with Crippen LogP contribution in [-0.2, 0) is 4.74 Å². The van der Waals surface area contributed by atoms with Crippen LogP contribution in [0.3, 0.4) is 0 Å². The van der Waals surface area contributed by atoms with Gasteiger partial charge in [0.1, 0.15) is 0 Å². The first-order valence-electron chi connectivity index (χ1n) is 7.35. The molecule has 0 unspecified atom stereocenters. The highest BCUT2D eigenvalue weighted by molar-refractivity contribution is 4.73. The second-order valence-corrected chi connectivity index (χ2v) is 6.34. The molecule has 0 aliphatic heterocycles. The Kier molecular flexibility index (Phi) is 4.69. The lowest BCUT2D eigenvalue weighted by Gasteiger charge is -2.30. The van der Waals surface area contributed by atoms with Crippen LogP contribution in [0.25, 0.3) is 0 Å². The third-order valence-electron chi connectivity index (χ3n) is 4.67. The number of ether oxygens (including phenoxy) is 1. The minimum atomic E-state index is 0.593. The first kappa shape index (κ1) is 12.4. The molecule has 0 spiro atoms. The van der Waals surface area contributed by atoms with Crippen molar-refractivity contribution in [2.75, 3.05) is 6.61 Å². The van der Waals surface area contributed by atoms with Crippen molar-refractivity contribution < 1.29 is 4.74 Å². The summed E-state index contributed by atoms with van der Waals surface area (Å²) in [7, 11) is 0. The lowest BCUT2D eigenvalue weighted by atomic mass is 9.83. The molecule has 94 valence electrons. The summed E-state index contributed by atoms with van der Waals surface area (Å²) in [6.07, 6.45) is 11.6. The molecule has 0 aromatic rings. The van der Waals surface area contributed by atoms with E-state index >= 15 is 0 Å². The van der Waals surface area contributed by atoms with Gasteiger partial charge in [-0.25, -0.2) is 0 Å². The number of rotatable bonds is 3. The van der Waals surface area contributed by atoms with E-state index in [0.717, 1.165) is 24.4 Å². The molecule has 0 aromatic heterocycles. The normalized spacial score (nSPS) is 40.9. The van der Waals surface area contributed by atoms with Gasteiger partial charge in [-0.05, 0) is 56.3 Å². The van der Waals surface area contributed by atoms with E-state index in [4.69, 9.17) is 4.74 Å². The highest BCUT2D eigenvalue weighted by atomic mass is 16.5. The topological polar surface area (TPSA) is 9.23 Å². The van der Waals surface area contributed by atoms with Crippen LogP contribution in [0.15, 0.2) is 0 Å². The van der Waals surface area contributed by atoms with Crippen molar-refractivity contribution in [1.82, 2.24) is 0 Å². The highest BCUT2D eigenvalue weighted by Crippen LogP contribution is 2.30. The van der Waals surface area contributed by atoms with E-state index < -0.39 is 0 Å². The molecule has 0 saturated heterocycles. The van der Waals surface area contributed by atoms with Gasteiger partial charge in [0.15, 0.2) is 0 Å². The molecule has 1 nitrogen and oxygen atoms in total.